The Morgan fingerprint density at radius 1 is 1.19 bits per heavy atom. The first kappa shape index (κ1) is 17.6. The highest BCUT2D eigenvalue weighted by atomic mass is 16.5. The van der Waals surface area contributed by atoms with Gasteiger partial charge in [-0.2, -0.15) is 5.10 Å². The summed E-state index contributed by atoms with van der Waals surface area (Å²) in [4.78, 5) is 12.3. The Labute approximate surface area is 152 Å². The van der Waals surface area contributed by atoms with Gasteiger partial charge in [0.05, 0.1) is 25.1 Å². The largest absolute Gasteiger partial charge is 0.496 e. The van der Waals surface area contributed by atoms with E-state index in [1.165, 1.54) is 6.08 Å². The maximum atomic E-state index is 12.3. The first-order valence-corrected chi connectivity index (χ1v) is 8.23. The normalized spacial score (nSPS) is 11.0. The Morgan fingerprint density at radius 2 is 1.96 bits per heavy atom. The number of benzene rings is 2. The van der Waals surface area contributed by atoms with Crippen molar-refractivity contribution in [1.29, 1.82) is 0 Å². The summed E-state index contributed by atoms with van der Waals surface area (Å²) in [6.07, 6.45) is 3.23. The zero-order chi connectivity index (χ0) is 18.5. The molecule has 1 aromatic heterocycles. The van der Waals surface area contributed by atoms with Crippen LogP contribution in [0.3, 0.4) is 0 Å². The van der Waals surface area contributed by atoms with E-state index in [2.05, 4.69) is 10.2 Å². The van der Waals surface area contributed by atoms with E-state index in [9.17, 15) is 4.79 Å². The molecular formula is C21H20N2O3. The van der Waals surface area contributed by atoms with Crippen LogP contribution in [0.15, 0.2) is 54.6 Å². The summed E-state index contributed by atoms with van der Waals surface area (Å²) in [5.74, 6) is 0.676. The molecule has 0 amide bonds. The zero-order valence-electron chi connectivity index (χ0n) is 14.7. The maximum Gasteiger partial charge on any atom is 0.185 e. The minimum Gasteiger partial charge on any atom is -0.496 e. The number of allylic oxidation sites excluding steroid dienone is 1. The number of aliphatic hydroxyl groups is 1. The Morgan fingerprint density at radius 3 is 2.62 bits per heavy atom. The molecule has 3 rings (SSSR count). The highest BCUT2D eigenvalue weighted by Crippen LogP contribution is 2.20. The fourth-order valence-electron chi connectivity index (χ4n) is 2.64. The van der Waals surface area contributed by atoms with E-state index in [0.717, 1.165) is 33.8 Å². The van der Waals surface area contributed by atoms with Gasteiger partial charge >= 0.3 is 0 Å². The first-order chi connectivity index (χ1) is 12.6. The number of ether oxygens (including phenoxy) is 1. The van der Waals surface area contributed by atoms with Crippen molar-refractivity contribution in [3.05, 3.63) is 77.0 Å². The number of ketones is 1. The van der Waals surface area contributed by atoms with Crippen molar-refractivity contribution >= 4 is 11.9 Å². The molecule has 2 N–H and O–H groups in total. The third-order valence-corrected chi connectivity index (χ3v) is 4.12. The molecule has 1 heterocycles. The number of carbonyl (C=O) groups excluding carboxylic acids is 1. The van der Waals surface area contributed by atoms with E-state index in [1.54, 1.807) is 25.3 Å². The van der Waals surface area contributed by atoms with Gasteiger partial charge in [-0.25, -0.2) is 0 Å². The smallest absolute Gasteiger partial charge is 0.185 e. The number of methoxy groups -OCH3 is 1. The second kappa shape index (κ2) is 7.80. The number of nitrogens with one attached hydrogen (secondary N) is 1. The molecule has 0 aliphatic heterocycles. The Kier molecular flexibility index (Phi) is 5.29. The third kappa shape index (κ3) is 3.90. The predicted molar refractivity (Wildman–Crippen MR) is 101 cm³/mol. The summed E-state index contributed by atoms with van der Waals surface area (Å²) in [5.41, 5.74) is 4.84. The average Bonchev–Trinajstić information content (AvgIpc) is 3.15. The number of hydrogen-bond donors (Lipinski definition) is 2. The lowest BCUT2D eigenvalue weighted by Gasteiger charge is -2.05. The average molecular weight is 348 g/mol. The number of hydrogen-bond acceptors (Lipinski definition) is 4. The van der Waals surface area contributed by atoms with Crippen LogP contribution in [0, 0.1) is 6.92 Å². The number of nitrogens with zero attached hydrogens (tertiary/aromatic N) is 1. The van der Waals surface area contributed by atoms with Crippen LogP contribution >= 0.6 is 0 Å². The monoisotopic (exact) mass is 348 g/mol. The predicted octanol–water partition coefficient (Wildman–Crippen LogP) is 3.78. The van der Waals surface area contributed by atoms with Crippen LogP contribution in [0.4, 0.5) is 0 Å². The van der Waals surface area contributed by atoms with Crippen molar-refractivity contribution in [2.45, 2.75) is 13.5 Å². The second-order valence-electron chi connectivity index (χ2n) is 5.95. The molecule has 0 spiro atoms. The summed E-state index contributed by atoms with van der Waals surface area (Å²) >= 11 is 0. The highest BCUT2D eigenvalue weighted by Gasteiger charge is 2.06. The molecule has 3 aromatic rings. The SMILES string of the molecule is COc1ccc(C(=O)/C=C/c2cc(-c3ccc(CO)cc3)n[nH]2)cc1C. The molecule has 5 heteroatoms. The van der Waals surface area contributed by atoms with E-state index >= 15 is 0 Å². The number of rotatable bonds is 6. The minimum absolute atomic E-state index is 0.0157. The van der Waals surface area contributed by atoms with Gasteiger partial charge in [0.2, 0.25) is 0 Å². The first-order valence-electron chi connectivity index (χ1n) is 8.23. The maximum absolute atomic E-state index is 12.3. The third-order valence-electron chi connectivity index (χ3n) is 4.12. The molecule has 0 saturated carbocycles. The van der Waals surface area contributed by atoms with E-state index in [1.807, 2.05) is 43.3 Å². The van der Waals surface area contributed by atoms with Crippen LogP contribution in [0.2, 0.25) is 0 Å². The quantitative estimate of drug-likeness (QED) is 0.525. The van der Waals surface area contributed by atoms with Gasteiger partial charge in [0, 0.05) is 11.1 Å². The fraction of sp³-hybridized carbons (Fsp3) is 0.143. The molecule has 0 fully saturated rings. The number of aromatic amines is 1. The van der Waals surface area contributed by atoms with Crippen LogP contribution < -0.4 is 4.74 Å². The molecule has 2 aromatic carbocycles. The molecule has 0 aliphatic carbocycles. The van der Waals surface area contributed by atoms with Crippen LogP contribution in [0.25, 0.3) is 17.3 Å². The van der Waals surface area contributed by atoms with Gasteiger partial charge < -0.3 is 9.84 Å². The number of aliphatic hydroxyl groups excluding tert-OH is 1. The van der Waals surface area contributed by atoms with Crippen LogP contribution in [-0.4, -0.2) is 28.2 Å². The lowest BCUT2D eigenvalue weighted by atomic mass is 10.1. The van der Waals surface area contributed by atoms with Crippen molar-refractivity contribution in [3.8, 4) is 17.0 Å². The molecule has 0 atom stereocenters. The van der Waals surface area contributed by atoms with Crippen molar-refractivity contribution < 1.29 is 14.6 Å². The summed E-state index contributed by atoms with van der Waals surface area (Å²) in [5, 5.41) is 16.3. The molecular weight excluding hydrogens is 328 g/mol. The van der Waals surface area contributed by atoms with Crippen LogP contribution in [-0.2, 0) is 6.61 Å². The van der Waals surface area contributed by atoms with Crippen LogP contribution in [0.1, 0.15) is 27.2 Å². The summed E-state index contributed by atoms with van der Waals surface area (Å²) in [6.45, 7) is 1.92. The molecule has 0 unspecified atom stereocenters. The van der Waals surface area contributed by atoms with Gasteiger partial charge in [-0.3, -0.25) is 9.89 Å². The van der Waals surface area contributed by atoms with Crippen LogP contribution in [0.5, 0.6) is 5.75 Å². The Balaban J connectivity index is 1.73. The van der Waals surface area contributed by atoms with Gasteiger partial charge in [-0.1, -0.05) is 24.3 Å². The van der Waals surface area contributed by atoms with Crippen molar-refractivity contribution in [1.82, 2.24) is 10.2 Å². The molecule has 0 radical (unpaired) electrons. The van der Waals surface area contributed by atoms with Gasteiger partial charge in [0.25, 0.3) is 0 Å². The van der Waals surface area contributed by atoms with Gasteiger partial charge in [0.15, 0.2) is 5.78 Å². The summed E-state index contributed by atoms with van der Waals surface area (Å²) < 4.78 is 5.21. The minimum atomic E-state index is -0.0841. The fourth-order valence-corrected chi connectivity index (χ4v) is 2.64. The Bertz CT molecular complexity index is 940. The zero-order valence-corrected chi connectivity index (χ0v) is 14.7. The van der Waals surface area contributed by atoms with E-state index < -0.39 is 0 Å². The van der Waals surface area contributed by atoms with E-state index in [4.69, 9.17) is 9.84 Å². The van der Waals surface area contributed by atoms with Crippen molar-refractivity contribution in [3.63, 3.8) is 0 Å². The molecule has 0 aliphatic rings. The number of aromatic nitrogens is 2. The second-order valence-corrected chi connectivity index (χ2v) is 5.95. The lowest BCUT2D eigenvalue weighted by molar-refractivity contribution is 0.104. The Hall–Kier alpha value is -3.18. The highest BCUT2D eigenvalue weighted by molar-refractivity contribution is 6.07. The topological polar surface area (TPSA) is 75.2 Å². The number of H-pyrrole nitrogens is 1. The molecule has 0 bridgehead atoms. The van der Waals surface area contributed by atoms with Gasteiger partial charge in [-0.15, -0.1) is 0 Å². The molecule has 26 heavy (non-hydrogen) atoms. The standard InChI is InChI=1S/C21H20N2O3/c1-14-11-17(7-10-21(14)26-2)20(25)9-8-18-12-19(23-22-18)16-5-3-15(13-24)4-6-16/h3-12,24H,13H2,1-2H3,(H,22,23)/b9-8+. The van der Waals surface area contributed by atoms with Crippen molar-refractivity contribution in [2.75, 3.05) is 7.11 Å². The number of aryl methyl sites for hydroxylation is 1. The van der Waals surface area contributed by atoms with E-state index in [-0.39, 0.29) is 12.4 Å². The molecule has 5 nitrogen and oxygen atoms in total. The van der Waals surface area contributed by atoms with Gasteiger partial charge in [-0.05, 0) is 54.5 Å². The summed E-state index contributed by atoms with van der Waals surface area (Å²) in [7, 11) is 1.61. The van der Waals surface area contributed by atoms with E-state index in [0.29, 0.717) is 5.56 Å². The number of carbonyl (C=O) groups is 1. The molecule has 132 valence electrons. The van der Waals surface area contributed by atoms with Gasteiger partial charge in [0.1, 0.15) is 5.75 Å². The summed E-state index contributed by atoms with van der Waals surface area (Å²) in [6, 6.07) is 14.7. The lowest BCUT2D eigenvalue weighted by Crippen LogP contribution is -1.96. The molecule has 0 saturated heterocycles. The van der Waals surface area contributed by atoms with Crippen molar-refractivity contribution in [2.24, 2.45) is 0 Å².